The number of carbonyl (C=O) groups excluding carboxylic acids is 2. The first-order chi connectivity index (χ1) is 14.4. The minimum Gasteiger partial charge on any atom is -0.486 e. The smallest absolute Gasteiger partial charge is 0.291 e. The van der Waals surface area contributed by atoms with Crippen molar-refractivity contribution in [1.29, 1.82) is 0 Å². The number of anilines is 1. The molecule has 6 nitrogen and oxygen atoms in total. The number of nitrogens with one attached hydrogen (secondary N) is 1. The molecule has 3 aromatic rings. The highest BCUT2D eigenvalue weighted by atomic mass is 32.1. The molecular weight excluding hydrogens is 407 g/mol. The molecule has 30 heavy (non-hydrogen) atoms. The molecule has 1 aromatic carbocycles. The van der Waals surface area contributed by atoms with Crippen molar-refractivity contribution in [2.24, 2.45) is 11.7 Å². The summed E-state index contributed by atoms with van der Waals surface area (Å²) in [5.74, 6) is 0.223. The SMILES string of the molecule is C[C@H]1CCc2c(sc(NC(=O)c3ccc(COc4ccc(F)cc4)o3)c2C(N)=O)C1. The average Bonchev–Trinajstić information content (AvgIpc) is 3.31. The van der Waals surface area contributed by atoms with Crippen molar-refractivity contribution in [2.75, 3.05) is 5.32 Å². The van der Waals surface area contributed by atoms with Crippen LogP contribution in [0.1, 0.15) is 50.5 Å². The third-order valence-corrected chi connectivity index (χ3v) is 6.24. The number of primary amides is 1. The standard InChI is InChI=1S/C22H21FN2O4S/c1-12-2-8-16-18(10-12)30-22(19(16)20(24)26)25-21(27)17-9-7-15(29-17)11-28-14-5-3-13(23)4-6-14/h3-7,9,12H,2,8,10-11H2,1H3,(H2,24,26)(H,25,27)/t12-/m0/s1. The second-order valence-electron chi connectivity index (χ2n) is 7.38. The molecule has 0 aliphatic heterocycles. The zero-order valence-electron chi connectivity index (χ0n) is 16.4. The van der Waals surface area contributed by atoms with Gasteiger partial charge in [0, 0.05) is 4.88 Å². The van der Waals surface area contributed by atoms with Gasteiger partial charge in [-0.3, -0.25) is 9.59 Å². The lowest BCUT2D eigenvalue weighted by atomic mass is 9.88. The molecule has 1 aliphatic carbocycles. The van der Waals surface area contributed by atoms with Gasteiger partial charge in [-0.2, -0.15) is 0 Å². The Balaban J connectivity index is 1.46. The minimum atomic E-state index is -0.537. The largest absolute Gasteiger partial charge is 0.486 e. The van der Waals surface area contributed by atoms with E-state index >= 15 is 0 Å². The quantitative estimate of drug-likeness (QED) is 0.603. The van der Waals surface area contributed by atoms with Gasteiger partial charge in [-0.25, -0.2) is 4.39 Å². The highest BCUT2D eigenvalue weighted by Crippen LogP contribution is 2.39. The van der Waals surface area contributed by atoms with Crippen LogP contribution in [0.25, 0.3) is 0 Å². The van der Waals surface area contributed by atoms with Crippen LogP contribution in [0.2, 0.25) is 0 Å². The number of rotatable bonds is 6. The molecule has 2 amide bonds. The van der Waals surface area contributed by atoms with Crippen LogP contribution in [0, 0.1) is 11.7 Å². The summed E-state index contributed by atoms with van der Waals surface area (Å²) >= 11 is 1.40. The molecule has 2 aromatic heterocycles. The van der Waals surface area contributed by atoms with E-state index in [1.165, 1.54) is 41.7 Å². The summed E-state index contributed by atoms with van der Waals surface area (Å²) in [6.45, 7) is 2.26. The fourth-order valence-corrected chi connectivity index (χ4v) is 4.94. The molecule has 1 aliphatic rings. The molecule has 4 rings (SSSR count). The number of halogens is 1. The Kier molecular flexibility index (Phi) is 5.59. The van der Waals surface area contributed by atoms with Crippen LogP contribution in [-0.4, -0.2) is 11.8 Å². The van der Waals surface area contributed by atoms with E-state index in [-0.39, 0.29) is 18.2 Å². The fraction of sp³-hybridized carbons (Fsp3) is 0.273. The van der Waals surface area contributed by atoms with Crippen LogP contribution in [0.5, 0.6) is 5.75 Å². The molecule has 2 heterocycles. The Morgan fingerprint density at radius 2 is 2.03 bits per heavy atom. The maximum atomic E-state index is 12.9. The van der Waals surface area contributed by atoms with E-state index in [1.54, 1.807) is 6.07 Å². The molecule has 0 saturated heterocycles. The van der Waals surface area contributed by atoms with E-state index in [0.29, 0.717) is 28.0 Å². The van der Waals surface area contributed by atoms with Crippen molar-refractivity contribution in [3.63, 3.8) is 0 Å². The Morgan fingerprint density at radius 3 is 2.77 bits per heavy atom. The predicted molar refractivity (Wildman–Crippen MR) is 111 cm³/mol. The monoisotopic (exact) mass is 428 g/mol. The number of hydrogen-bond donors (Lipinski definition) is 2. The molecule has 0 radical (unpaired) electrons. The van der Waals surface area contributed by atoms with Gasteiger partial charge in [0.25, 0.3) is 11.8 Å². The molecule has 3 N–H and O–H groups in total. The summed E-state index contributed by atoms with van der Waals surface area (Å²) in [6.07, 6.45) is 2.65. The second kappa shape index (κ2) is 8.31. The summed E-state index contributed by atoms with van der Waals surface area (Å²) in [4.78, 5) is 25.8. The Morgan fingerprint density at radius 1 is 1.27 bits per heavy atom. The molecule has 0 unspecified atom stereocenters. The van der Waals surface area contributed by atoms with Gasteiger partial charge < -0.3 is 20.2 Å². The summed E-state index contributed by atoms with van der Waals surface area (Å²) in [5, 5.41) is 3.24. The molecule has 0 saturated carbocycles. The van der Waals surface area contributed by atoms with Crippen molar-refractivity contribution < 1.29 is 23.1 Å². The summed E-state index contributed by atoms with van der Waals surface area (Å²) < 4.78 is 24.0. The molecule has 8 heteroatoms. The zero-order valence-corrected chi connectivity index (χ0v) is 17.2. The van der Waals surface area contributed by atoms with Crippen LogP contribution in [0.15, 0.2) is 40.8 Å². The highest BCUT2D eigenvalue weighted by Gasteiger charge is 2.27. The normalized spacial score (nSPS) is 15.5. The molecule has 0 spiro atoms. The van der Waals surface area contributed by atoms with Crippen LogP contribution < -0.4 is 15.8 Å². The van der Waals surface area contributed by atoms with E-state index in [4.69, 9.17) is 14.9 Å². The number of benzene rings is 1. The van der Waals surface area contributed by atoms with E-state index in [1.807, 2.05) is 0 Å². The van der Waals surface area contributed by atoms with Crippen LogP contribution in [0.4, 0.5) is 9.39 Å². The van der Waals surface area contributed by atoms with Crippen molar-refractivity contribution in [3.05, 3.63) is 69.7 Å². The van der Waals surface area contributed by atoms with Gasteiger partial charge in [0.15, 0.2) is 5.76 Å². The van der Waals surface area contributed by atoms with Gasteiger partial charge >= 0.3 is 0 Å². The van der Waals surface area contributed by atoms with Crippen molar-refractivity contribution in [1.82, 2.24) is 0 Å². The first kappa shape index (κ1) is 20.2. The molecule has 0 bridgehead atoms. The van der Waals surface area contributed by atoms with Crippen molar-refractivity contribution in [3.8, 4) is 5.75 Å². The first-order valence-corrected chi connectivity index (χ1v) is 10.4. The van der Waals surface area contributed by atoms with Gasteiger partial charge in [-0.05, 0) is 67.1 Å². The van der Waals surface area contributed by atoms with E-state index in [2.05, 4.69) is 12.2 Å². The Bertz CT molecular complexity index is 1090. The first-order valence-electron chi connectivity index (χ1n) is 9.63. The molecular formula is C22H21FN2O4S. The van der Waals surface area contributed by atoms with E-state index in [0.717, 1.165) is 29.7 Å². The third kappa shape index (κ3) is 4.23. The topological polar surface area (TPSA) is 94.6 Å². The zero-order chi connectivity index (χ0) is 21.3. The average molecular weight is 428 g/mol. The van der Waals surface area contributed by atoms with Gasteiger partial charge in [0.05, 0.1) is 5.56 Å². The molecule has 156 valence electrons. The predicted octanol–water partition coefficient (Wildman–Crippen LogP) is 4.54. The number of hydrogen-bond acceptors (Lipinski definition) is 5. The van der Waals surface area contributed by atoms with Gasteiger partial charge in [0.1, 0.15) is 28.9 Å². The maximum Gasteiger partial charge on any atom is 0.291 e. The lowest BCUT2D eigenvalue weighted by Crippen LogP contribution is -2.19. The van der Waals surface area contributed by atoms with Crippen molar-refractivity contribution in [2.45, 2.75) is 32.8 Å². The lowest BCUT2D eigenvalue weighted by molar-refractivity contribution is 0.0993. The van der Waals surface area contributed by atoms with Gasteiger partial charge in [-0.1, -0.05) is 6.92 Å². The number of furan rings is 1. The highest BCUT2D eigenvalue weighted by molar-refractivity contribution is 7.17. The summed E-state index contributed by atoms with van der Waals surface area (Å²) in [7, 11) is 0. The van der Waals surface area contributed by atoms with E-state index in [9.17, 15) is 14.0 Å². The van der Waals surface area contributed by atoms with E-state index < -0.39 is 11.8 Å². The summed E-state index contributed by atoms with van der Waals surface area (Å²) in [5.41, 5.74) is 6.95. The van der Waals surface area contributed by atoms with Crippen LogP contribution in [-0.2, 0) is 19.4 Å². The van der Waals surface area contributed by atoms with Crippen molar-refractivity contribution >= 4 is 28.2 Å². The van der Waals surface area contributed by atoms with Crippen LogP contribution >= 0.6 is 11.3 Å². The third-order valence-electron chi connectivity index (χ3n) is 5.07. The molecule has 0 fully saturated rings. The lowest BCUT2D eigenvalue weighted by Gasteiger charge is -2.18. The number of nitrogens with two attached hydrogens (primary N) is 1. The number of thiophene rings is 1. The maximum absolute atomic E-state index is 12.9. The van der Waals surface area contributed by atoms with Crippen LogP contribution in [0.3, 0.4) is 0 Å². The minimum absolute atomic E-state index is 0.0939. The number of ether oxygens (including phenoxy) is 1. The molecule has 1 atom stereocenters. The Labute approximate surface area is 176 Å². The van der Waals surface area contributed by atoms with Gasteiger partial charge in [0.2, 0.25) is 0 Å². The second-order valence-corrected chi connectivity index (χ2v) is 8.49. The fourth-order valence-electron chi connectivity index (χ4n) is 3.53. The number of fused-ring (bicyclic) bond motifs is 1. The number of carbonyl (C=O) groups is 2. The summed E-state index contributed by atoms with van der Waals surface area (Å²) in [6, 6.07) is 8.79. The number of amides is 2. The Hall–Kier alpha value is -3.13. The van der Waals surface area contributed by atoms with Gasteiger partial charge in [-0.15, -0.1) is 11.3 Å².